The highest BCUT2D eigenvalue weighted by Gasteiger charge is 2.42. The number of amides is 1. The van der Waals surface area contributed by atoms with Crippen molar-refractivity contribution in [3.05, 3.63) is 70.9 Å². The summed E-state index contributed by atoms with van der Waals surface area (Å²) in [4.78, 5) is 15.2. The molecule has 0 spiro atoms. The molecule has 2 heterocycles. The first-order chi connectivity index (χ1) is 16.5. The van der Waals surface area contributed by atoms with E-state index in [9.17, 15) is 9.90 Å². The number of nitrogens with zero attached hydrogens (tertiary/aromatic N) is 2. The van der Waals surface area contributed by atoms with Gasteiger partial charge in [-0.3, -0.25) is 9.89 Å². The van der Waals surface area contributed by atoms with Crippen LogP contribution in [0.15, 0.2) is 49.1 Å². The van der Waals surface area contributed by atoms with Gasteiger partial charge in [-0.2, -0.15) is 5.10 Å². The molecule has 1 unspecified atom stereocenters. The number of rotatable bonds is 10. The van der Waals surface area contributed by atoms with Gasteiger partial charge in [0.25, 0.3) is 5.91 Å². The molecule has 4 rings (SSSR count). The van der Waals surface area contributed by atoms with E-state index >= 15 is 0 Å². The summed E-state index contributed by atoms with van der Waals surface area (Å²) < 4.78 is 16.4. The Labute approximate surface area is 202 Å². The van der Waals surface area contributed by atoms with Gasteiger partial charge in [-0.15, -0.1) is 0 Å². The van der Waals surface area contributed by atoms with Gasteiger partial charge in [0, 0.05) is 36.4 Å². The molecular formula is C25H26ClN3O5. The van der Waals surface area contributed by atoms with Crippen molar-refractivity contribution in [3.63, 3.8) is 0 Å². The number of aromatic nitrogens is 2. The molecule has 178 valence electrons. The van der Waals surface area contributed by atoms with Gasteiger partial charge in [-0.1, -0.05) is 30.3 Å². The summed E-state index contributed by atoms with van der Waals surface area (Å²) in [6.07, 6.45) is 2.31. The van der Waals surface area contributed by atoms with Crippen LogP contribution in [0.4, 0.5) is 0 Å². The molecule has 34 heavy (non-hydrogen) atoms. The van der Waals surface area contributed by atoms with Gasteiger partial charge < -0.3 is 24.2 Å². The first kappa shape index (κ1) is 23.7. The molecule has 1 aromatic heterocycles. The number of H-pyrrole nitrogens is 1. The number of carbonyl (C=O) groups excluding carboxylic acids is 1. The SMILES string of the molecule is C=CCOc1ccc(C2c3c(-c4cc(Cl)ccc4O)n[nH]c3C(=O)N2CCCOC)cc1OC. The van der Waals surface area contributed by atoms with Crippen molar-refractivity contribution in [2.75, 3.05) is 34.0 Å². The number of nitrogens with one attached hydrogen (secondary N) is 1. The number of carbonyl (C=O) groups is 1. The third-order valence-corrected chi connectivity index (χ3v) is 5.92. The number of halogens is 1. The lowest BCUT2D eigenvalue weighted by molar-refractivity contribution is 0.0723. The molecule has 3 aromatic rings. The molecule has 1 atom stereocenters. The topological polar surface area (TPSA) is 96.9 Å². The van der Waals surface area contributed by atoms with Gasteiger partial charge in [-0.25, -0.2) is 0 Å². The summed E-state index contributed by atoms with van der Waals surface area (Å²) in [5.74, 6) is 0.949. The molecule has 8 nitrogen and oxygen atoms in total. The lowest BCUT2D eigenvalue weighted by atomic mass is 9.95. The fourth-order valence-corrected chi connectivity index (χ4v) is 4.35. The van der Waals surface area contributed by atoms with Crippen molar-refractivity contribution in [1.29, 1.82) is 0 Å². The normalized spacial score (nSPS) is 14.9. The van der Waals surface area contributed by atoms with E-state index in [2.05, 4.69) is 16.8 Å². The van der Waals surface area contributed by atoms with E-state index in [0.29, 0.717) is 65.2 Å². The highest BCUT2D eigenvalue weighted by atomic mass is 35.5. The van der Waals surface area contributed by atoms with Gasteiger partial charge in [-0.05, 0) is 42.3 Å². The minimum Gasteiger partial charge on any atom is -0.507 e. The monoisotopic (exact) mass is 483 g/mol. The highest BCUT2D eigenvalue weighted by Crippen LogP contribution is 2.46. The molecule has 2 aromatic carbocycles. The minimum atomic E-state index is -0.464. The first-order valence-electron chi connectivity index (χ1n) is 10.8. The zero-order chi connectivity index (χ0) is 24.2. The second kappa shape index (κ2) is 10.2. The number of phenolic OH excluding ortho intramolecular Hbond substituents is 1. The summed E-state index contributed by atoms with van der Waals surface area (Å²) in [7, 11) is 3.19. The van der Waals surface area contributed by atoms with Crippen molar-refractivity contribution >= 4 is 17.5 Å². The molecule has 9 heteroatoms. The number of methoxy groups -OCH3 is 2. The van der Waals surface area contributed by atoms with E-state index < -0.39 is 6.04 Å². The molecule has 1 aliphatic heterocycles. The second-order valence-corrected chi connectivity index (χ2v) is 8.22. The maximum Gasteiger partial charge on any atom is 0.273 e. The number of aromatic hydroxyl groups is 1. The van der Waals surface area contributed by atoms with Crippen LogP contribution in [-0.2, 0) is 4.74 Å². The standard InChI is InChI=1S/C25H26ClN3O5/c1-4-11-34-19-9-6-15(13-20(19)33-3)24-21-22(17-14-16(26)7-8-18(17)30)27-28-23(21)25(31)29(24)10-5-12-32-2/h4,6-9,13-14,24,30H,1,5,10-12H2,2-3H3,(H,27,28). The van der Waals surface area contributed by atoms with Crippen molar-refractivity contribution in [2.45, 2.75) is 12.5 Å². The smallest absolute Gasteiger partial charge is 0.273 e. The summed E-state index contributed by atoms with van der Waals surface area (Å²) in [6, 6.07) is 9.83. The number of hydrogen-bond acceptors (Lipinski definition) is 6. The average molecular weight is 484 g/mol. The Kier molecular flexibility index (Phi) is 7.09. The third kappa shape index (κ3) is 4.34. The van der Waals surface area contributed by atoms with Crippen LogP contribution < -0.4 is 9.47 Å². The molecule has 1 aliphatic rings. The zero-order valence-corrected chi connectivity index (χ0v) is 19.8. The molecule has 0 fully saturated rings. The van der Waals surface area contributed by atoms with Crippen LogP contribution >= 0.6 is 11.6 Å². The number of hydrogen-bond donors (Lipinski definition) is 2. The maximum absolute atomic E-state index is 13.4. The van der Waals surface area contributed by atoms with Crippen LogP contribution in [0.2, 0.25) is 5.02 Å². The van der Waals surface area contributed by atoms with E-state index in [1.165, 1.54) is 6.07 Å². The molecule has 0 bridgehead atoms. The molecular weight excluding hydrogens is 458 g/mol. The van der Waals surface area contributed by atoms with E-state index in [4.69, 9.17) is 25.8 Å². The van der Waals surface area contributed by atoms with Crippen LogP contribution in [0.3, 0.4) is 0 Å². The van der Waals surface area contributed by atoms with Gasteiger partial charge in [0.05, 0.1) is 13.2 Å². The second-order valence-electron chi connectivity index (χ2n) is 7.78. The fraction of sp³-hybridized carbons (Fsp3) is 0.280. The number of benzene rings is 2. The maximum atomic E-state index is 13.4. The predicted molar refractivity (Wildman–Crippen MR) is 129 cm³/mol. The lowest BCUT2D eigenvalue weighted by Gasteiger charge is -2.27. The van der Waals surface area contributed by atoms with Crippen molar-refractivity contribution in [1.82, 2.24) is 15.1 Å². The number of aromatic amines is 1. The highest BCUT2D eigenvalue weighted by molar-refractivity contribution is 6.31. The van der Waals surface area contributed by atoms with E-state index in [-0.39, 0.29) is 11.7 Å². The predicted octanol–water partition coefficient (Wildman–Crippen LogP) is 4.59. The Morgan fingerprint density at radius 2 is 2.06 bits per heavy atom. The van der Waals surface area contributed by atoms with Crippen LogP contribution in [-0.4, -0.2) is 60.1 Å². The van der Waals surface area contributed by atoms with Crippen molar-refractivity contribution in [2.24, 2.45) is 0 Å². The summed E-state index contributed by atoms with van der Waals surface area (Å²) >= 11 is 6.20. The molecule has 0 saturated heterocycles. The Morgan fingerprint density at radius 1 is 1.24 bits per heavy atom. The van der Waals surface area contributed by atoms with E-state index in [0.717, 1.165) is 5.56 Å². The Balaban J connectivity index is 1.84. The average Bonchev–Trinajstić information content (AvgIpc) is 3.38. The molecule has 2 N–H and O–H groups in total. The molecule has 0 aliphatic carbocycles. The Hall–Kier alpha value is -3.49. The third-order valence-electron chi connectivity index (χ3n) is 5.69. The Morgan fingerprint density at radius 3 is 2.79 bits per heavy atom. The molecule has 0 saturated carbocycles. The number of fused-ring (bicyclic) bond motifs is 1. The van der Waals surface area contributed by atoms with E-state index in [1.54, 1.807) is 37.3 Å². The Bertz CT molecular complexity index is 1210. The summed E-state index contributed by atoms with van der Waals surface area (Å²) in [5.41, 5.74) is 2.77. The van der Waals surface area contributed by atoms with Gasteiger partial charge in [0.15, 0.2) is 11.5 Å². The van der Waals surface area contributed by atoms with Gasteiger partial charge >= 0.3 is 0 Å². The molecule has 1 amide bonds. The lowest BCUT2D eigenvalue weighted by Crippen LogP contribution is -2.31. The summed E-state index contributed by atoms with van der Waals surface area (Å²) in [6.45, 7) is 5.00. The van der Waals surface area contributed by atoms with Gasteiger partial charge in [0.2, 0.25) is 0 Å². The number of phenols is 1. The van der Waals surface area contributed by atoms with Crippen LogP contribution in [0.1, 0.15) is 34.1 Å². The quantitative estimate of drug-likeness (QED) is 0.323. The van der Waals surface area contributed by atoms with Crippen LogP contribution in [0.25, 0.3) is 11.3 Å². The largest absolute Gasteiger partial charge is 0.507 e. The fourth-order valence-electron chi connectivity index (χ4n) is 4.18. The van der Waals surface area contributed by atoms with Crippen molar-refractivity contribution < 1.29 is 24.1 Å². The van der Waals surface area contributed by atoms with Crippen molar-refractivity contribution in [3.8, 4) is 28.5 Å². The van der Waals surface area contributed by atoms with Crippen LogP contribution in [0, 0.1) is 0 Å². The minimum absolute atomic E-state index is 0.0217. The van der Waals surface area contributed by atoms with Gasteiger partial charge in [0.1, 0.15) is 23.7 Å². The van der Waals surface area contributed by atoms with E-state index in [1.807, 2.05) is 18.2 Å². The number of ether oxygens (including phenoxy) is 3. The van der Waals surface area contributed by atoms with Crippen LogP contribution in [0.5, 0.6) is 17.2 Å². The molecule has 0 radical (unpaired) electrons. The zero-order valence-electron chi connectivity index (χ0n) is 19.0. The first-order valence-corrected chi connectivity index (χ1v) is 11.2. The summed E-state index contributed by atoms with van der Waals surface area (Å²) in [5, 5.41) is 18.2.